The molecule has 0 aromatic rings. The van der Waals surface area contributed by atoms with Crippen LogP contribution in [-0.4, -0.2) is 89.0 Å². The predicted octanol–water partition coefficient (Wildman–Crippen LogP) is 9.72. The highest BCUT2D eigenvalue weighted by molar-refractivity contribution is 5.70. The molecule has 6 unspecified atom stereocenters. The van der Waals surface area contributed by atoms with Gasteiger partial charge < -0.3 is 39.4 Å². The first-order valence-electron chi connectivity index (χ1n) is 22.9. The number of hydrogen-bond donors (Lipinski definition) is 4. The number of carbonyl (C=O) groups is 2. The summed E-state index contributed by atoms with van der Waals surface area (Å²) in [7, 11) is 0. The zero-order valence-electron chi connectivity index (χ0n) is 35.6. The first-order chi connectivity index (χ1) is 27.3. The highest BCUT2D eigenvalue weighted by Crippen LogP contribution is 2.23. The lowest BCUT2D eigenvalue weighted by molar-refractivity contribution is -0.305. The SMILES string of the molecule is CCCCC/C=C\C/C=C\CCCCCCCC(=O)OC(COC(=O)CCCCCCCCCCCCCCCCCC)COC1OC(CO)C(O)C(O)C1O. The third-order valence-corrected chi connectivity index (χ3v) is 10.6. The van der Waals surface area contributed by atoms with E-state index in [4.69, 9.17) is 18.9 Å². The van der Waals surface area contributed by atoms with Gasteiger partial charge in [-0.25, -0.2) is 0 Å². The Morgan fingerprint density at radius 1 is 0.554 bits per heavy atom. The molecule has 10 heteroatoms. The average molecular weight is 797 g/mol. The molecule has 10 nitrogen and oxygen atoms in total. The zero-order valence-corrected chi connectivity index (χ0v) is 35.6. The molecule has 0 saturated carbocycles. The fourth-order valence-corrected chi connectivity index (χ4v) is 6.92. The van der Waals surface area contributed by atoms with Gasteiger partial charge in [-0.15, -0.1) is 0 Å². The molecule has 0 radical (unpaired) electrons. The quantitative estimate of drug-likeness (QED) is 0.0270. The molecular formula is C46H84O10. The van der Waals surface area contributed by atoms with Crippen molar-refractivity contribution in [1.82, 2.24) is 0 Å². The smallest absolute Gasteiger partial charge is 0.306 e. The van der Waals surface area contributed by atoms with E-state index in [-0.39, 0.29) is 32.0 Å². The molecular weight excluding hydrogens is 712 g/mol. The summed E-state index contributed by atoms with van der Waals surface area (Å²) in [5.41, 5.74) is 0. The maximum absolute atomic E-state index is 12.8. The second-order valence-electron chi connectivity index (χ2n) is 15.9. The second kappa shape index (κ2) is 37.5. The molecule has 0 spiro atoms. The van der Waals surface area contributed by atoms with E-state index in [1.54, 1.807) is 0 Å². The number of aliphatic hydroxyl groups excluding tert-OH is 4. The Kier molecular flexibility index (Phi) is 34.9. The summed E-state index contributed by atoms with van der Waals surface area (Å²) in [6.07, 6.45) is 33.2. The highest BCUT2D eigenvalue weighted by atomic mass is 16.7. The number of allylic oxidation sites excluding steroid dienone is 4. The number of esters is 2. The maximum atomic E-state index is 12.8. The topological polar surface area (TPSA) is 152 Å². The van der Waals surface area contributed by atoms with E-state index in [0.717, 1.165) is 57.8 Å². The van der Waals surface area contributed by atoms with Gasteiger partial charge in [0, 0.05) is 12.8 Å². The van der Waals surface area contributed by atoms with E-state index in [0.29, 0.717) is 6.42 Å². The molecule has 1 rings (SSSR count). The molecule has 1 heterocycles. The van der Waals surface area contributed by atoms with Crippen LogP contribution in [0.5, 0.6) is 0 Å². The van der Waals surface area contributed by atoms with Gasteiger partial charge >= 0.3 is 11.9 Å². The molecule has 1 aliphatic rings. The predicted molar refractivity (Wildman–Crippen MR) is 224 cm³/mol. The van der Waals surface area contributed by atoms with Crippen molar-refractivity contribution < 1.29 is 49.0 Å². The van der Waals surface area contributed by atoms with Gasteiger partial charge in [-0.2, -0.15) is 0 Å². The van der Waals surface area contributed by atoms with Crippen LogP contribution in [0, 0.1) is 0 Å². The molecule has 1 aliphatic heterocycles. The molecule has 4 N–H and O–H groups in total. The van der Waals surface area contributed by atoms with E-state index >= 15 is 0 Å². The summed E-state index contributed by atoms with van der Waals surface area (Å²) < 4.78 is 22.2. The first kappa shape index (κ1) is 52.2. The number of aliphatic hydroxyl groups is 4. The van der Waals surface area contributed by atoms with Crippen LogP contribution in [0.25, 0.3) is 0 Å². The summed E-state index contributed by atoms with van der Waals surface area (Å²) in [6, 6.07) is 0. The number of hydrogen-bond acceptors (Lipinski definition) is 10. The standard InChI is InChI=1S/C46H84O10/c1-3-5-7-9-11-13-15-17-19-21-22-24-26-28-30-32-34-41(48)53-37-39(38-54-46-45(52)44(51)43(50)40(36-47)56-46)55-42(49)35-33-31-29-27-25-23-20-18-16-14-12-10-8-6-4-2/h12,14,18,20,39-40,43-47,50-52H,3-11,13,15-17,19,21-38H2,1-2H3/b14-12-,20-18-. The Hall–Kier alpha value is -1.82. The minimum absolute atomic E-state index is 0.216. The van der Waals surface area contributed by atoms with Crippen molar-refractivity contribution in [3.05, 3.63) is 24.3 Å². The van der Waals surface area contributed by atoms with E-state index in [9.17, 15) is 30.0 Å². The van der Waals surface area contributed by atoms with Crippen LogP contribution < -0.4 is 0 Å². The van der Waals surface area contributed by atoms with E-state index in [1.165, 1.54) is 109 Å². The van der Waals surface area contributed by atoms with Gasteiger partial charge in [0.25, 0.3) is 0 Å². The van der Waals surface area contributed by atoms with Crippen molar-refractivity contribution in [2.45, 2.75) is 237 Å². The van der Waals surface area contributed by atoms with Gasteiger partial charge in [-0.3, -0.25) is 9.59 Å². The number of carbonyl (C=O) groups excluding carboxylic acids is 2. The van der Waals surface area contributed by atoms with Crippen molar-refractivity contribution in [2.24, 2.45) is 0 Å². The zero-order chi connectivity index (χ0) is 40.9. The van der Waals surface area contributed by atoms with Crippen molar-refractivity contribution in [3.8, 4) is 0 Å². The Morgan fingerprint density at radius 2 is 1.00 bits per heavy atom. The van der Waals surface area contributed by atoms with Crippen molar-refractivity contribution in [2.75, 3.05) is 19.8 Å². The molecule has 1 fully saturated rings. The highest BCUT2D eigenvalue weighted by Gasteiger charge is 2.44. The van der Waals surface area contributed by atoms with Gasteiger partial charge in [0.2, 0.25) is 0 Å². The molecule has 0 amide bonds. The van der Waals surface area contributed by atoms with Gasteiger partial charge in [0.1, 0.15) is 31.0 Å². The van der Waals surface area contributed by atoms with Gasteiger partial charge in [-0.1, -0.05) is 167 Å². The molecule has 0 bridgehead atoms. The third-order valence-electron chi connectivity index (χ3n) is 10.6. The Morgan fingerprint density at radius 3 is 1.52 bits per heavy atom. The first-order valence-corrected chi connectivity index (χ1v) is 22.9. The van der Waals surface area contributed by atoms with Crippen LogP contribution in [0.15, 0.2) is 24.3 Å². The van der Waals surface area contributed by atoms with E-state index < -0.39 is 49.4 Å². The monoisotopic (exact) mass is 797 g/mol. The Bertz CT molecular complexity index is 970. The van der Waals surface area contributed by atoms with Crippen molar-refractivity contribution in [3.63, 3.8) is 0 Å². The minimum Gasteiger partial charge on any atom is -0.462 e. The Balaban J connectivity index is 2.32. The fraction of sp³-hybridized carbons (Fsp3) is 0.870. The summed E-state index contributed by atoms with van der Waals surface area (Å²) in [5.74, 6) is -0.815. The lowest BCUT2D eigenvalue weighted by Gasteiger charge is -2.39. The number of rotatable bonds is 38. The van der Waals surface area contributed by atoms with Crippen molar-refractivity contribution in [1.29, 1.82) is 0 Å². The Labute approximate surface area is 341 Å². The molecule has 56 heavy (non-hydrogen) atoms. The second-order valence-corrected chi connectivity index (χ2v) is 15.9. The van der Waals surface area contributed by atoms with Gasteiger partial charge in [-0.05, 0) is 44.9 Å². The lowest BCUT2D eigenvalue weighted by Crippen LogP contribution is -2.59. The van der Waals surface area contributed by atoms with Crippen LogP contribution in [0.2, 0.25) is 0 Å². The molecule has 328 valence electrons. The largest absolute Gasteiger partial charge is 0.462 e. The number of unbranched alkanes of at least 4 members (excludes halogenated alkanes) is 23. The summed E-state index contributed by atoms with van der Waals surface area (Å²) in [5, 5.41) is 40.1. The third kappa shape index (κ3) is 28.6. The summed E-state index contributed by atoms with van der Waals surface area (Å²) in [6.45, 7) is 3.40. The molecule has 6 atom stereocenters. The lowest BCUT2D eigenvalue weighted by atomic mass is 9.99. The average Bonchev–Trinajstić information content (AvgIpc) is 3.19. The van der Waals surface area contributed by atoms with Crippen molar-refractivity contribution >= 4 is 11.9 Å². The van der Waals surface area contributed by atoms with Crippen LogP contribution in [0.3, 0.4) is 0 Å². The minimum atomic E-state index is -1.59. The van der Waals surface area contributed by atoms with Gasteiger partial charge in [0.05, 0.1) is 13.2 Å². The fourth-order valence-electron chi connectivity index (χ4n) is 6.92. The van der Waals surface area contributed by atoms with E-state index in [2.05, 4.69) is 38.2 Å². The summed E-state index contributed by atoms with van der Waals surface area (Å²) in [4.78, 5) is 25.3. The van der Waals surface area contributed by atoms with Gasteiger partial charge in [0.15, 0.2) is 12.4 Å². The molecule has 0 aromatic heterocycles. The van der Waals surface area contributed by atoms with E-state index in [1.807, 2.05) is 0 Å². The van der Waals surface area contributed by atoms with Crippen LogP contribution in [-0.2, 0) is 28.5 Å². The van der Waals surface area contributed by atoms with Crippen LogP contribution in [0.1, 0.15) is 200 Å². The maximum Gasteiger partial charge on any atom is 0.306 e. The van der Waals surface area contributed by atoms with Crippen LogP contribution in [0.4, 0.5) is 0 Å². The normalized spacial score (nSPS) is 20.6. The van der Waals surface area contributed by atoms with Crippen LogP contribution >= 0.6 is 0 Å². The summed E-state index contributed by atoms with van der Waals surface area (Å²) >= 11 is 0. The number of ether oxygens (including phenoxy) is 4. The molecule has 0 aromatic carbocycles. The molecule has 1 saturated heterocycles. The molecule has 0 aliphatic carbocycles.